The van der Waals surface area contributed by atoms with Gasteiger partial charge in [-0.25, -0.2) is 4.98 Å². The summed E-state index contributed by atoms with van der Waals surface area (Å²) in [6.07, 6.45) is 4.90. The number of nitrogens with zero attached hydrogens (tertiary/aromatic N) is 4. The molecule has 28 heavy (non-hydrogen) atoms. The van der Waals surface area contributed by atoms with Crippen molar-refractivity contribution >= 4 is 22.6 Å². The van der Waals surface area contributed by atoms with Crippen molar-refractivity contribution in [2.24, 2.45) is 0 Å². The molecule has 1 amide bonds. The summed E-state index contributed by atoms with van der Waals surface area (Å²) in [5.41, 5.74) is 4.76. The molecular weight excluding hydrogens is 354 g/mol. The van der Waals surface area contributed by atoms with E-state index < -0.39 is 0 Å². The average molecular weight is 383 g/mol. The molecule has 1 atom stereocenters. The lowest BCUT2D eigenvalue weighted by molar-refractivity contribution is -0.133. The minimum Gasteiger partial charge on any atom is -0.379 e. The van der Waals surface area contributed by atoms with Crippen LogP contribution in [0.25, 0.3) is 11.0 Å². The maximum absolute atomic E-state index is 12.7. The van der Waals surface area contributed by atoms with Crippen LogP contribution in [0.4, 0.5) is 5.69 Å². The highest BCUT2D eigenvalue weighted by molar-refractivity contribution is 5.86. The average Bonchev–Trinajstić information content (AvgIpc) is 2.90. The van der Waals surface area contributed by atoms with Gasteiger partial charge < -0.3 is 24.4 Å². The Morgan fingerprint density at radius 3 is 2.89 bits per heavy atom. The second-order valence-corrected chi connectivity index (χ2v) is 8.21. The van der Waals surface area contributed by atoms with Crippen LogP contribution in [0.3, 0.4) is 0 Å². The van der Waals surface area contributed by atoms with Gasteiger partial charge in [0.25, 0.3) is 0 Å². The molecule has 0 saturated carbocycles. The number of aromatic nitrogens is 2. The summed E-state index contributed by atoms with van der Waals surface area (Å²) in [6.45, 7) is 8.96. The lowest BCUT2D eigenvalue weighted by atomic mass is 10.1. The molecule has 0 aliphatic carbocycles. The SMILES string of the molecule is Cc1c2n(c3ncc(N4CCC4)cc13)CCN(C(=O)CCOCC1CCN1)C2. The highest BCUT2D eigenvalue weighted by Gasteiger charge is 2.26. The van der Waals surface area contributed by atoms with E-state index in [1.54, 1.807) is 0 Å². The van der Waals surface area contributed by atoms with E-state index in [4.69, 9.17) is 9.72 Å². The number of amides is 1. The molecule has 0 spiro atoms. The molecule has 2 aromatic rings. The van der Waals surface area contributed by atoms with Crippen molar-refractivity contribution in [2.45, 2.75) is 45.3 Å². The largest absolute Gasteiger partial charge is 0.379 e. The van der Waals surface area contributed by atoms with Gasteiger partial charge in [-0.05, 0) is 37.9 Å². The number of fused-ring (bicyclic) bond motifs is 3. The molecule has 0 bridgehead atoms. The van der Waals surface area contributed by atoms with Crippen LogP contribution in [0, 0.1) is 6.92 Å². The molecule has 5 heterocycles. The highest BCUT2D eigenvalue weighted by atomic mass is 16.5. The molecule has 0 radical (unpaired) electrons. The molecule has 0 aromatic carbocycles. The van der Waals surface area contributed by atoms with Crippen molar-refractivity contribution in [3.63, 3.8) is 0 Å². The van der Waals surface area contributed by atoms with E-state index in [1.165, 1.54) is 35.2 Å². The fourth-order valence-electron chi connectivity index (χ4n) is 4.34. The Bertz CT molecular complexity index is 885. The number of nitrogens with one attached hydrogen (secondary N) is 1. The summed E-state index contributed by atoms with van der Waals surface area (Å²) in [5.74, 6) is 0.187. The van der Waals surface area contributed by atoms with Gasteiger partial charge >= 0.3 is 0 Å². The van der Waals surface area contributed by atoms with Gasteiger partial charge in [0.2, 0.25) is 5.91 Å². The van der Waals surface area contributed by atoms with E-state index in [-0.39, 0.29) is 5.91 Å². The van der Waals surface area contributed by atoms with Gasteiger partial charge in [-0.1, -0.05) is 0 Å². The first kappa shape index (κ1) is 17.9. The zero-order valence-electron chi connectivity index (χ0n) is 16.6. The van der Waals surface area contributed by atoms with Gasteiger partial charge in [0.1, 0.15) is 5.65 Å². The smallest absolute Gasteiger partial charge is 0.225 e. The fourth-order valence-corrected chi connectivity index (χ4v) is 4.34. The van der Waals surface area contributed by atoms with Gasteiger partial charge in [-0.15, -0.1) is 0 Å². The van der Waals surface area contributed by atoms with E-state index in [1.807, 2.05) is 11.1 Å². The Hall–Kier alpha value is -2.12. The first-order chi connectivity index (χ1) is 13.7. The van der Waals surface area contributed by atoms with Crippen LogP contribution < -0.4 is 10.2 Å². The van der Waals surface area contributed by atoms with Crippen LogP contribution >= 0.6 is 0 Å². The number of hydrogen-bond acceptors (Lipinski definition) is 5. The van der Waals surface area contributed by atoms with Crippen LogP contribution in [0.5, 0.6) is 0 Å². The van der Waals surface area contributed by atoms with Gasteiger partial charge in [0.15, 0.2) is 0 Å². The van der Waals surface area contributed by atoms with Gasteiger partial charge in [0.05, 0.1) is 38.1 Å². The molecule has 2 aromatic heterocycles. The summed E-state index contributed by atoms with van der Waals surface area (Å²) in [5, 5.41) is 4.54. The molecule has 3 aliphatic rings. The molecule has 1 unspecified atom stereocenters. The number of aryl methyl sites for hydroxylation is 1. The van der Waals surface area contributed by atoms with E-state index in [9.17, 15) is 4.79 Å². The highest BCUT2D eigenvalue weighted by Crippen LogP contribution is 2.31. The second kappa shape index (κ2) is 7.37. The third-order valence-electron chi connectivity index (χ3n) is 6.48. The van der Waals surface area contributed by atoms with Crippen molar-refractivity contribution in [3.8, 4) is 0 Å². The number of carbonyl (C=O) groups is 1. The molecule has 2 fully saturated rings. The number of ether oxygens (including phenoxy) is 1. The summed E-state index contributed by atoms with van der Waals surface area (Å²) >= 11 is 0. The number of anilines is 1. The normalized spacial score (nSPS) is 21.4. The van der Waals surface area contributed by atoms with Crippen LogP contribution in [0.1, 0.15) is 30.5 Å². The van der Waals surface area contributed by atoms with Crippen molar-refractivity contribution in [1.29, 1.82) is 0 Å². The molecule has 2 saturated heterocycles. The van der Waals surface area contributed by atoms with Crippen LogP contribution in [-0.4, -0.2) is 65.8 Å². The summed E-state index contributed by atoms with van der Waals surface area (Å²) in [4.78, 5) is 21.8. The zero-order valence-corrected chi connectivity index (χ0v) is 16.6. The minimum atomic E-state index is 0.187. The first-order valence-electron chi connectivity index (χ1n) is 10.5. The third-order valence-corrected chi connectivity index (χ3v) is 6.48. The van der Waals surface area contributed by atoms with Crippen molar-refractivity contribution in [1.82, 2.24) is 19.8 Å². The fraction of sp³-hybridized carbons (Fsp3) is 0.619. The Morgan fingerprint density at radius 1 is 1.32 bits per heavy atom. The summed E-state index contributed by atoms with van der Waals surface area (Å²) in [7, 11) is 0. The van der Waals surface area contributed by atoms with Gasteiger partial charge in [-0.3, -0.25) is 4.79 Å². The van der Waals surface area contributed by atoms with E-state index in [2.05, 4.69) is 27.8 Å². The Kier molecular flexibility index (Phi) is 4.72. The number of carbonyl (C=O) groups excluding carboxylic acids is 1. The van der Waals surface area contributed by atoms with Gasteiger partial charge in [0, 0.05) is 43.3 Å². The quantitative estimate of drug-likeness (QED) is 0.769. The third kappa shape index (κ3) is 3.16. The molecule has 5 rings (SSSR count). The molecule has 3 aliphatic heterocycles. The minimum absolute atomic E-state index is 0.187. The van der Waals surface area contributed by atoms with E-state index >= 15 is 0 Å². The molecule has 1 N–H and O–H groups in total. The van der Waals surface area contributed by atoms with Crippen LogP contribution in [0.15, 0.2) is 12.3 Å². The predicted octanol–water partition coefficient (Wildman–Crippen LogP) is 1.67. The maximum atomic E-state index is 12.7. The van der Waals surface area contributed by atoms with Crippen LogP contribution in [0.2, 0.25) is 0 Å². The summed E-state index contributed by atoms with van der Waals surface area (Å²) in [6, 6.07) is 2.76. The summed E-state index contributed by atoms with van der Waals surface area (Å²) < 4.78 is 7.96. The number of rotatable bonds is 6. The topological polar surface area (TPSA) is 62.6 Å². The second-order valence-electron chi connectivity index (χ2n) is 8.21. The maximum Gasteiger partial charge on any atom is 0.225 e. The lowest BCUT2D eigenvalue weighted by Crippen LogP contribution is -2.46. The van der Waals surface area contributed by atoms with Crippen molar-refractivity contribution < 1.29 is 9.53 Å². The van der Waals surface area contributed by atoms with Crippen molar-refractivity contribution in [2.75, 3.05) is 44.3 Å². The molecular formula is C21H29N5O2. The predicted molar refractivity (Wildman–Crippen MR) is 109 cm³/mol. The monoisotopic (exact) mass is 383 g/mol. The Labute approximate surface area is 165 Å². The standard InChI is InChI=1S/C21H29N5O2/c1-15-18-11-17(24-6-2-7-24)12-23-21(18)26-9-8-25(13-19(15)26)20(27)4-10-28-14-16-3-5-22-16/h11-12,16,22H,2-10,13-14H2,1H3. The number of pyridine rings is 1. The zero-order chi connectivity index (χ0) is 19.1. The van der Waals surface area contributed by atoms with Gasteiger partial charge in [-0.2, -0.15) is 0 Å². The Balaban J connectivity index is 1.26. The first-order valence-corrected chi connectivity index (χ1v) is 10.5. The molecule has 150 valence electrons. The van der Waals surface area contributed by atoms with E-state index in [0.29, 0.717) is 32.2 Å². The Morgan fingerprint density at radius 2 is 2.18 bits per heavy atom. The van der Waals surface area contributed by atoms with E-state index in [0.717, 1.165) is 38.4 Å². The molecule has 7 nitrogen and oxygen atoms in total. The van der Waals surface area contributed by atoms with Crippen molar-refractivity contribution in [3.05, 3.63) is 23.5 Å². The lowest BCUT2D eigenvalue weighted by Gasteiger charge is -2.32. The number of hydrogen-bond donors (Lipinski definition) is 1. The molecule has 7 heteroatoms. The van der Waals surface area contributed by atoms with Crippen LogP contribution in [-0.2, 0) is 22.6 Å².